The smallest absolute Gasteiger partial charge is 0.225 e. The van der Waals surface area contributed by atoms with Crippen molar-refractivity contribution < 1.29 is 0 Å². The SMILES string of the molecule is CC(C)CNCCN(C)c1ncccn1. The normalized spacial score (nSPS) is 10.7. The van der Waals surface area contributed by atoms with Crippen LogP contribution in [-0.2, 0) is 0 Å². The van der Waals surface area contributed by atoms with Crippen LogP contribution >= 0.6 is 0 Å². The molecule has 0 aliphatic heterocycles. The maximum atomic E-state index is 4.18. The molecular formula is C11H20N4. The number of nitrogens with zero attached hydrogens (tertiary/aromatic N) is 3. The highest BCUT2D eigenvalue weighted by Crippen LogP contribution is 2.00. The fourth-order valence-corrected chi connectivity index (χ4v) is 1.23. The number of hydrogen-bond acceptors (Lipinski definition) is 4. The van der Waals surface area contributed by atoms with Crippen molar-refractivity contribution in [2.75, 3.05) is 31.6 Å². The molecule has 4 heteroatoms. The third-order valence-corrected chi connectivity index (χ3v) is 2.07. The van der Waals surface area contributed by atoms with Crippen molar-refractivity contribution in [1.29, 1.82) is 0 Å². The number of nitrogens with one attached hydrogen (secondary N) is 1. The summed E-state index contributed by atoms with van der Waals surface area (Å²) in [5.41, 5.74) is 0. The minimum absolute atomic E-state index is 0.697. The second-order valence-corrected chi connectivity index (χ2v) is 4.07. The van der Waals surface area contributed by atoms with Crippen molar-refractivity contribution >= 4 is 5.95 Å². The molecule has 84 valence electrons. The minimum Gasteiger partial charge on any atom is -0.343 e. The van der Waals surface area contributed by atoms with Gasteiger partial charge in [0.15, 0.2) is 0 Å². The zero-order valence-electron chi connectivity index (χ0n) is 9.77. The Kier molecular flexibility index (Phi) is 5.04. The van der Waals surface area contributed by atoms with Crippen LogP contribution in [0.1, 0.15) is 13.8 Å². The predicted octanol–water partition coefficient (Wildman–Crippen LogP) is 1.16. The molecule has 4 nitrogen and oxygen atoms in total. The second kappa shape index (κ2) is 6.35. The maximum absolute atomic E-state index is 4.18. The number of anilines is 1. The van der Waals surface area contributed by atoms with Gasteiger partial charge in [-0.1, -0.05) is 13.8 Å². The number of likely N-dealkylation sites (N-methyl/N-ethyl adjacent to an activating group) is 1. The minimum atomic E-state index is 0.697. The van der Waals surface area contributed by atoms with E-state index in [0.29, 0.717) is 5.92 Å². The molecule has 0 aliphatic carbocycles. The van der Waals surface area contributed by atoms with E-state index in [-0.39, 0.29) is 0 Å². The molecule has 0 radical (unpaired) electrons. The highest BCUT2D eigenvalue weighted by Gasteiger charge is 2.01. The van der Waals surface area contributed by atoms with Gasteiger partial charge >= 0.3 is 0 Å². The van der Waals surface area contributed by atoms with Gasteiger partial charge in [-0.25, -0.2) is 9.97 Å². The van der Waals surface area contributed by atoms with Crippen LogP contribution in [0.25, 0.3) is 0 Å². The van der Waals surface area contributed by atoms with E-state index >= 15 is 0 Å². The molecule has 0 spiro atoms. The average Bonchev–Trinajstić information content (AvgIpc) is 2.25. The first kappa shape index (κ1) is 11.9. The van der Waals surface area contributed by atoms with Crippen LogP contribution < -0.4 is 10.2 Å². The van der Waals surface area contributed by atoms with E-state index in [1.165, 1.54) is 0 Å². The Bertz CT molecular complexity index is 261. The maximum Gasteiger partial charge on any atom is 0.225 e. The standard InChI is InChI=1S/C11H20N4/c1-10(2)9-12-7-8-15(3)11-13-5-4-6-14-11/h4-6,10,12H,7-9H2,1-3H3. The Morgan fingerprint density at radius 3 is 2.60 bits per heavy atom. The summed E-state index contributed by atoms with van der Waals surface area (Å²) in [7, 11) is 2.01. The van der Waals surface area contributed by atoms with E-state index in [1.807, 2.05) is 18.0 Å². The molecule has 0 atom stereocenters. The molecule has 15 heavy (non-hydrogen) atoms. The molecule has 1 heterocycles. The lowest BCUT2D eigenvalue weighted by Crippen LogP contribution is -2.31. The molecule has 0 aliphatic rings. The zero-order chi connectivity index (χ0) is 11.1. The van der Waals surface area contributed by atoms with Gasteiger partial charge in [-0.2, -0.15) is 0 Å². The molecule has 0 bridgehead atoms. The highest BCUT2D eigenvalue weighted by atomic mass is 15.2. The van der Waals surface area contributed by atoms with Crippen LogP contribution in [-0.4, -0.2) is 36.6 Å². The molecule has 0 fully saturated rings. The van der Waals surface area contributed by atoms with Crippen LogP contribution in [0.4, 0.5) is 5.95 Å². The van der Waals surface area contributed by atoms with Gasteiger partial charge in [0.25, 0.3) is 0 Å². The molecule has 1 N–H and O–H groups in total. The van der Waals surface area contributed by atoms with Crippen molar-refractivity contribution in [3.8, 4) is 0 Å². The second-order valence-electron chi connectivity index (χ2n) is 4.07. The van der Waals surface area contributed by atoms with Gasteiger partial charge in [-0.3, -0.25) is 0 Å². The van der Waals surface area contributed by atoms with Crippen LogP contribution in [0.3, 0.4) is 0 Å². The van der Waals surface area contributed by atoms with Gasteiger partial charge in [-0.15, -0.1) is 0 Å². The van der Waals surface area contributed by atoms with Crippen molar-refractivity contribution in [1.82, 2.24) is 15.3 Å². The Balaban J connectivity index is 2.22. The summed E-state index contributed by atoms with van der Waals surface area (Å²) >= 11 is 0. The molecule has 0 aromatic carbocycles. The summed E-state index contributed by atoms with van der Waals surface area (Å²) in [6, 6.07) is 1.83. The Hall–Kier alpha value is -1.16. The van der Waals surface area contributed by atoms with Gasteiger partial charge < -0.3 is 10.2 Å². The van der Waals surface area contributed by atoms with Crippen LogP contribution in [0.15, 0.2) is 18.5 Å². The van der Waals surface area contributed by atoms with Gasteiger partial charge in [0, 0.05) is 32.5 Å². The van der Waals surface area contributed by atoms with E-state index in [0.717, 1.165) is 25.6 Å². The third kappa shape index (κ3) is 4.74. The Morgan fingerprint density at radius 2 is 2.00 bits per heavy atom. The predicted molar refractivity (Wildman–Crippen MR) is 63.0 cm³/mol. The lowest BCUT2D eigenvalue weighted by Gasteiger charge is -2.17. The summed E-state index contributed by atoms with van der Waals surface area (Å²) in [5.74, 6) is 1.48. The molecule has 1 aromatic rings. The molecule has 1 aromatic heterocycles. The third-order valence-electron chi connectivity index (χ3n) is 2.07. The molecule has 0 amide bonds. The fourth-order valence-electron chi connectivity index (χ4n) is 1.23. The van der Waals surface area contributed by atoms with Crippen molar-refractivity contribution in [3.63, 3.8) is 0 Å². The highest BCUT2D eigenvalue weighted by molar-refractivity contribution is 5.26. The first-order valence-electron chi connectivity index (χ1n) is 5.39. The largest absolute Gasteiger partial charge is 0.343 e. The number of aromatic nitrogens is 2. The summed E-state index contributed by atoms with van der Waals surface area (Å²) in [6.07, 6.45) is 3.53. The fraction of sp³-hybridized carbons (Fsp3) is 0.636. The summed E-state index contributed by atoms with van der Waals surface area (Å²) < 4.78 is 0. The van der Waals surface area contributed by atoms with Gasteiger partial charge in [0.2, 0.25) is 5.95 Å². The molecule has 1 rings (SSSR count). The summed E-state index contributed by atoms with van der Waals surface area (Å²) in [6.45, 7) is 7.36. The van der Waals surface area contributed by atoms with E-state index in [4.69, 9.17) is 0 Å². The van der Waals surface area contributed by atoms with Crippen LogP contribution in [0.2, 0.25) is 0 Å². The summed E-state index contributed by atoms with van der Waals surface area (Å²) in [5, 5.41) is 3.39. The van der Waals surface area contributed by atoms with E-state index in [9.17, 15) is 0 Å². The molecule has 0 unspecified atom stereocenters. The number of hydrogen-bond donors (Lipinski definition) is 1. The van der Waals surface area contributed by atoms with E-state index in [2.05, 4.69) is 29.1 Å². The Labute approximate surface area is 91.7 Å². The van der Waals surface area contributed by atoms with Crippen LogP contribution in [0.5, 0.6) is 0 Å². The number of rotatable bonds is 6. The molecular weight excluding hydrogens is 188 g/mol. The lowest BCUT2D eigenvalue weighted by molar-refractivity contribution is 0.553. The van der Waals surface area contributed by atoms with Crippen molar-refractivity contribution in [2.24, 2.45) is 5.92 Å². The molecule has 0 saturated heterocycles. The first-order chi connectivity index (χ1) is 7.20. The quantitative estimate of drug-likeness (QED) is 0.712. The average molecular weight is 208 g/mol. The Morgan fingerprint density at radius 1 is 1.33 bits per heavy atom. The van der Waals surface area contributed by atoms with Crippen LogP contribution in [0, 0.1) is 5.92 Å². The van der Waals surface area contributed by atoms with E-state index < -0.39 is 0 Å². The zero-order valence-corrected chi connectivity index (χ0v) is 9.77. The van der Waals surface area contributed by atoms with Gasteiger partial charge in [0.05, 0.1) is 0 Å². The van der Waals surface area contributed by atoms with Crippen molar-refractivity contribution in [2.45, 2.75) is 13.8 Å². The van der Waals surface area contributed by atoms with Crippen molar-refractivity contribution in [3.05, 3.63) is 18.5 Å². The summed E-state index contributed by atoms with van der Waals surface area (Å²) in [4.78, 5) is 10.4. The monoisotopic (exact) mass is 208 g/mol. The first-order valence-corrected chi connectivity index (χ1v) is 5.39. The topological polar surface area (TPSA) is 41.0 Å². The van der Waals surface area contributed by atoms with E-state index in [1.54, 1.807) is 12.4 Å². The van der Waals surface area contributed by atoms with Gasteiger partial charge in [0.1, 0.15) is 0 Å². The van der Waals surface area contributed by atoms with Gasteiger partial charge in [-0.05, 0) is 18.5 Å². The lowest BCUT2D eigenvalue weighted by atomic mass is 10.2. The molecule has 0 saturated carbocycles.